The van der Waals surface area contributed by atoms with Gasteiger partial charge >= 0.3 is 6.09 Å². The van der Waals surface area contributed by atoms with Crippen molar-refractivity contribution in [3.05, 3.63) is 60.2 Å². The van der Waals surface area contributed by atoms with Gasteiger partial charge in [0.15, 0.2) is 0 Å². The average molecular weight is 692 g/mol. The van der Waals surface area contributed by atoms with Crippen molar-refractivity contribution in [3.8, 4) is 22.5 Å². The van der Waals surface area contributed by atoms with Crippen molar-refractivity contribution < 1.29 is 19.1 Å². The Morgan fingerprint density at radius 3 is 2.06 bits per heavy atom. The van der Waals surface area contributed by atoms with Gasteiger partial charge in [-0.1, -0.05) is 39.8 Å². The van der Waals surface area contributed by atoms with Crippen molar-refractivity contribution in [2.45, 2.75) is 77.9 Å². The third-order valence-electron chi connectivity index (χ3n) is 9.97. The van der Waals surface area contributed by atoms with Crippen molar-refractivity contribution in [2.24, 2.45) is 11.8 Å². The summed E-state index contributed by atoms with van der Waals surface area (Å²) in [6, 6.07) is 14.9. The van der Waals surface area contributed by atoms with E-state index in [9.17, 15) is 14.4 Å². The minimum atomic E-state index is -0.691. The molecule has 0 aliphatic carbocycles. The molecule has 0 unspecified atom stereocenters. The van der Waals surface area contributed by atoms with E-state index in [-0.39, 0.29) is 29.8 Å². The third kappa shape index (κ3) is 6.89. The molecule has 13 heteroatoms. The number of hydrogen-bond donors (Lipinski definition) is 3. The first-order chi connectivity index (χ1) is 24.6. The van der Waals surface area contributed by atoms with Gasteiger partial charge in [0.25, 0.3) is 0 Å². The van der Waals surface area contributed by atoms with Gasteiger partial charge in [0.05, 0.1) is 52.6 Å². The van der Waals surface area contributed by atoms with Crippen LogP contribution in [0.1, 0.15) is 83.5 Å². The number of ether oxygens (including phenoxy) is 1. The Balaban J connectivity index is 1.07. The van der Waals surface area contributed by atoms with Crippen LogP contribution in [0.15, 0.2) is 48.5 Å². The monoisotopic (exact) mass is 691 g/mol. The number of nitrogens with zero attached hydrogens (tertiary/aromatic N) is 6. The van der Waals surface area contributed by atoms with Gasteiger partial charge in [0.2, 0.25) is 11.8 Å². The highest BCUT2D eigenvalue weighted by atomic mass is 16.5. The van der Waals surface area contributed by atoms with E-state index >= 15 is 0 Å². The van der Waals surface area contributed by atoms with Crippen LogP contribution in [0.25, 0.3) is 44.6 Å². The number of methoxy groups -OCH3 is 1. The summed E-state index contributed by atoms with van der Waals surface area (Å²) < 4.78 is 4.76. The number of carbonyl (C=O) groups excluding carboxylic acids is 3. The molecule has 2 aliphatic rings. The van der Waals surface area contributed by atoms with Gasteiger partial charge in [-0.15, -0.1) is 10.2 Å². The molecule has 5 heterocycles. The summed E-state index contributed by atoms with van der Waals surface area (Å²) in [5, 5.41) is 11.8. The molecule has 13 nitrogen and oxygen atoms in total. The van der Waals surface area contributed by atoms with Gasteiger partial charge in [0, 0.05) is 30.6 Å². The molecule has 2 fully saturated rings. The van der Waals surface area contributed by atoms with Gasteiger partial charge in [-0.3, -0.25) is 9.59 Å². The first kappa shape index (κ1) is 34.1. The predicted molar refractivity (Wildman–Crippen MR) is 193 cm³/mol. The fraction of sp³-hybridized carbons (Fsp3) is 0.447. The van der Waals surface area contributed by atoms with Crippen LogP contribution in [-0.4, -0.2) is 84.1 Å². The average Bonchev–Trinajstić information content (AvgIpc) is 3.94. The lowest BCUT2D eigenvalue weighted by atomic mass is 10.0. The molecule has 3 aromatic heterocycles. The van der Waals surface area contributed by atoms with E-state index in [0.717, 1.165) is 88.5 Å². The van der Waals surface area contributed by atoms with E-state index in [0.29, 0.717) is 18.9 Å². The van der Waals surface area contributed by atoms with Crippen LogP contribution < -0.4 is 5.32 Å². The molecule has 3 N–H and O–H groups in total. The van der Waals surface area contributed by atoms with Crippen LogP contribution in [0.5, 0.6) is 0 Å². The van der Waals surface area contributed by atoms with Crippen LogP contribution in [0, 0.1) is 11.8 Å². The Morgan fingerprint density at radius 1 is 0.804 bits per heavy atom. The minimum absolute atomic E-state index is 0.0263. The van der Waals surface area contributed by atoms with Crippen molar-refractivity contribution in [1.29, 1.82) is 0 Å². The van der Waals surface area contributed by atoms with Crippen molar-refractivity contribution in [3.63, 3.8) is 0 Å². The number of rotatable bonds is 9. The molecule has 2 aliphatic heterocycles. The zero-order chi connectivity index (χ0) is 35.8. The molecule has 266 valence electrons. The van der Waals surface area contributed by atoms with Crippen LogP contribution in [0.3, 0.4) is 0 Å². The summed E-state index contributed by atoms with van der Waals surface area (Å²) in [5.74, 6) is 1.81. The lowest BCUT2D eigenvalue weighted by Gasteiger charge is -2.29. The van der Waals surface area contributed by atoms with Gasteiger partial charge < -0.3 is 29.8 Å². The Bertz CT molecular complexity index is 2070. The zero-order valence-corrected chi connectivity index (χ0v) is 29.8. The molecule has 3 atom stereocenters. The number of likely N-dealkylation sites (tertiary alicyclic amines) is 2. The molecule has 0 radical (unpaired) electrons. The maximum Gasteiger partial charge on any atom is 0.407 e. The smallest absolute Gasteiger partial charge is 0.407 e. The second kappa shape index (κ2) is 14.1. The number of H-pyrrole nitrogens is 2. The first-order valence-electron chi connectivity index (χ1n) is 17.9. The quantitative estimate of drug-likeness (QED) is 0.162. The first-order valence-corrected chi connectivity index (χ1v) is 17.9. The summed E-state index contributed by atoms with van der Waals surface area (Å²) in [6.45, 7) is 9.31. The fourth-order valence-corrected chi connectivity index (χ4v) is 7.34. The molecule has 0 bridgehead atoms. The van der Waals surface area contributed by atoms with E-state index in [1.807, 2.05) is 72.2 Å². The standard InChI is InChI=1S/C38H45N9O4/c1-21(2)18-33(48)46-16-6-8-31(46)35-39-27-12-10-23(19-29(27)41-35)25-14-15-26(45-44-25)24-11-13-28-30(20-24)42-36(40-28)32-9-7-17-47(32)37(49)34(22(3)4)43-38(50)51-5/h10-15,19-22,31-32,34H,6-9,16-18H2,1-5H3,(H,39,41)(H,40,42)(H,43,50)/t31-,32-,34-/m0/s1. The van der Waals surface area contributed by atoms with Crippen LogP contribution in [0.2, 0.25) is 0 Å². The highest BCUT2D eigenvalue weighted by Crippen LogP contribution is 2.35. The molecule has 7 rings (SSSR count). The highest BCUT2D eigenvalue weighted by Gasteiger charge is 2.38. The number of hydrogen-bond acceptors (Lipinski definition) is 8. The Morgan fingerprint density at radius 2 is 1.41 bits per heavy atom. The number of imidazole rings is 2. The van der Waals surface area contributed by atoms with Crippen LogP contribution in [-0.2, 0) is 14.3 Å². The molecule has 0 spiro atoms. The zero-order valence-electron chi connectivity index (χ0n) is 29.8. The SMILES string of the molecule is COC(=O)N[C@H](C(=O)N1CCC[C@H]1c1nc2ccc(-c3ccc(-c4ccc5[nH]c([C@@H]6CCCN6C(=O)CC(C)C)nc5c4)nn3)cc2[nH]1)C(C)C. The van der Waals surface area contributed by atoms with E-state index in [4.69, 9.17) is 14.7 Å². The molecule has 0 saturated carbocycles. The summed E-state index contributed by atoms with van der Waals surface area (Å²) in [7, 11) is 1.29. The molecule has 51 heavy (non-hydrogen) atoms. The Kier molecular flexibility index (Phi) is 9.45. The van der Waals surface area contributed by atoms with Crippen LogP contribution >= 0.6 is 0 Å². The fourth-order valence-electron chi connectivity index (χ4n) is 7.34. The van der Waals surface area contributed by atoms with Crippen molar-refractivity contribution in [2.75, 3.05) is 20.2 Å². The van der Waals surface area contributed by atoms with E-state index in [2.05, 4.69) is 39.3 Å². The van der Waals surface area contributed by atoms with Gasteiger partial charge in [-0.2, -0.15) is 0 Å². The molecular formula is C38H45N9O4. The number of nitrogens with one attached hydrogen (secondary N) is 3. The number of carbonyl (C=O) groups is 3. The van der Waals surface area contributed by atoms with Gasteiger partial charge in [0.1, 0.15) is 17.7 Å². The number of benzene rings is 2. The van der Waals surface area contributed by atoms with Gasteiger partial charge in [-0.05, 0) is 73.9 Å². The Hall–Kier alpha value is -5.33. The minimum Gasteiger partial charge on any atom is -0.453 e. The Labute approximate surface area is 296 Å². The highest BCUT2D eigenvalue weighted by molar-refractivity contribution is 5.87. The number of amides is 3. The van der Waals surface area contributed by atoms with Gasteiger partial charge in [-0.25, -0.2) is 14.8 Å². The number of alkyl carbamates (subject to hydrolysis) is 1. The van der Waals surface area contributed by atoms with Crippen molar-refractivity contribution in [1.82, 2.24) is 45.2 Å². The lowest BCUT2D eigenvalue weighted by Crippen LogP contribution is -2.51. The lowest BCUT2D eigenvalue weighted by molar-refractivity contribution is -0.135. The molecular weight excluding hydrogens is 646 g/mol. The number of aromatic amines is 2. The summed E-state index contributed by atoms with van der Waals surface area (Å²) in [4.78, 5) is 58.9. The number of fused-ring (bicyclic) bond motifs is 2. The van der Waals surface area contributed by atoms with Crippen LogP contribution in [0.4, 0.5) is 4.79 Å². The molecule has 5 aromatic rings. The topological polar surface area (TPSA) is 162 Å². The van der Waals surface area contributed by atoms with Crippen molar-refractivity contribution >= 4 is 40.0 Å². The van der Waals surface area contributed by atoms with E-state index in [1.54, 1.807) is 0 Å². The summed E-state index contributed by atoms with van der Waals surface area (Å²) >= 11 is 0. The second-order valence-electron chi connectivity index (χ2n) is 14.4. The largest absolute Gasteiger partial charge is 0.453 e. The third-order valence-corrected chi connectivity index (χ3v) is 9.97. The van der Waals surface area contributed by atoms with E-state index < -0.39 is 12.1 Å². The predicted octanol–water partition coefficient (Wildman–Crippen LogP) is 6.32. The van der Waals surface area contributed by atoms with E-state index in [1.165, 1.54) is 7.11 Å². The summed E-state index contributed by atoms with van der Waals surface area (Å²) in [5.41, 5.74) is 6.64. The molecule has 2 aromatic carbocycles. The molecule has 2 saturated heterocycles. The molecule has 3 amide bonds. The number of aromatic nitrogens is 6. The second-order valence-corrected chi connectivity index (χ2v) is 14.4. The normalized spacial score (nSPS) is 18.3. The maximum absolute atomic E-state index is 13.6. The summed E-state index contributed by atoms with van der Waals surface area (Å²) in [6.07, 6.45) is 3.42. The maximum atomic E-state index is 13.6.